The normalized spacial score (nSPS) is 15.9. The molecular formula is C12H16N4O4. The van der Waals surface area contributed by atoms with Crippen LogP contribution in [0.25, 0.3) is 0 Å². The Balaban J connectivity index is 1.94. The highest BCUT2D eigenvalue weighted by molar-refractivity contribution is 6.02. The molecular weight excluding hydrogens is 264 g/mol. The van der Waals surface area contributed by atoms with Crippen LogP contribution in [-0.2, 0) is 4.79 Å². The number of nitrogens with one attached hydrogen (secondary N) is 2. The Morgan fingerprint density at radius 3 is 2.60 bits per heavy atom. The van der Waals surface area contributed by atoms with E-state index in [4.69, 9.17) is 5.11 Å². The Labute approximate surface area is 115 Å². The van der Waals surface area contributed by atoms with Crippen molar-refractivity contribution in [2.24, 2.45) is 0 Å². The first-order valence-corrected chi connectivity index (χ1v) is 6.32. The first kappa shape index (κ1) is 14.0. The zero-order chi connectivity index (χ0) is 14.7. The molecule has 2 rings (SSSR count). The van der Waals surface area contributed by atoms with Gasteiger partial charge in [-0.05, 0) is 12.8 Å². The van der Waals surface area contributed by atoms with Gasteiger partial charge in [0.25, 0.3) is 5.91 Å². The van der Waals surface area contributed by atoms with Crippen LogP contribution < -0.4 is 5.32 Å². The lowest BCUT2D eigenvalue weighted by molar-refractivity contribution is -0.129. The minimum Gasteiger partial charge on any atom is -0.477 e. The molecule has 1 aliphatic heterocycles. The van der Waals surface area contributed by atoms with E-state index < -0.39 is 11.9 Å². The van der Waals surface area contributed by atoms with Gasteiger partial charge in [-0.2, -0.15) is 0 Å². The SMILES string of the molecule is CC(=O)N1CCC(NC(=O)c2nc[nH]c2C(=O)O)CC1. The number of amides is 2. The fourth-order valence-electron chi connectivity index (χ4n) is 2.22. The summed E-state index contributed by atoms with van der Waals surface area (Å²) in [5, 5.41) is 11.7. The number of carbonyl (C=O) groups excluding carboxylic acids is 2. The average molecular weight is 280 g/mol. The number of carboxylic acid groups (broad SMARTS) is 1. The number of aromatic carboxylic acids is 1. The lowest BCUT2D eigenvalue weighted by Crippen LogP contribution is -2.46. The van der Waals surface area contributed by atoms with E-state index in [1.807, 2.05) is 0 Å². The summed E-state index contributed by atoms with van der Waals surface area (Å²) < 4.78 is 0. The van der Waals surface area contributed by atoms with Crippen molar-refractivity contribution in [3.8, 4) is 0 Å². The highest BCUT2D eigenvalue weighted by atomic mass is 16.4. The van der Waals surface area contributed by atoms with Gasteiger partial charge < -0.3 is 20.3 Å². The summed E-state index contributed by atoms with van der Waals surface area (Å²) in [7, 11) is 0. The minimum absolute atomic E-state index is 0.0234. The van der Waals surface area contributed by atoms with E-state index in [1.54, 1.807) is 4.90 Å². The molecule has 1 aromatic rings. The third kappa shape index (κ3) is 2.95. The van der Waals surface area contributed by atoms with Gasteiger partial charge in [0.15, 0.2) is 11.4 Å². The van der Waals surface area contributed by atoms with Gasteiger partial charge >= 0.3 is 5.97 Å². The molecule has 1 fully saturated rings. The van der Waals surface area contributed by atoms with Crippen molar-refractivity contribution in [1.29, 1.82) is 0 Å². The number of nitrogens with zero attached hydrogens (tertiary/aromatic N) is 2. The number of carboxylic acids is 1. The number of carbonyl (C=O) groups is 3. The van der Waals surface area contributed by atoms with Gasteiger partial charge in [-0.3, -0.25) is 9.59 Å². The van der Waals surface area contributed by atoms with Crippen LogP contribution in [0, 0.1) is 0 Å². The molecule has 0 aromatic carbocycles. The molecule has 8 heteroatoms. The van der Waals surface area contributed by atoms with Gasteiger partial charge in [0, 0.05) is 26.1 Å². The molecule has 0 unspecified atom stereocenters. The minimum atomic E-state index is -1.22. The van der Waals surface area contributed by atoms with Crippen LogP contribution in [0.15, 0.2) is 6.33 Å². The number of H-pyrrole nitrogens is 1. The topological polar surface area (TPSA) is 115 Å². The highest BCUT2D eigenvalue weighted by Gasteiger charge is 2.25. The van der Waals surface area contributed by atoms with Crippen LogP contribution in [0.5, 0.6) is 0 Å². The van der Waals surface area contributed by atoms with E-state index in [1.165, 1.54) is 13.3 Å². The molecule has 0 bridgehead atoms. The van der Waals surface area contributed by atoms with Crippen molar-refractivity contribution in [3.05, 3.63) is 17.7 Å². The first-order chi connectivity index (χ1) is 9.49. The summed E-state index contributed by atoms with van der Waals surface area (Å²) in [6, 6.07) is -0.0727. The van der Waals surface area contributed by atoms with Gasteiger partial charge in [0.2, 0.25) is 5.91 Å². The fraction of sp³-hybridized carbons (Fsp3) is 0.500. The van der Waals surface area contributed by atoms with E-state index in [9.17, 15) is 14.4 Å². The predicted molar refractivity (Wildman–Crippen MR) is 68.3 cm³/mol. The summed E-state index contributed by atoms with van der Waals surface area (Å²) >= 11 is 0. The van der Waals surface area contributed by atoms with Crippen molar-refractivity contribution >= 4 is 17.8 Å². The lowest BCUT2D eigenvalue weighted by atomic mass is 10.0. The summed E-state index contributed by atoms with van der Waals surface area (Å²) in [5.74, 6) is -1.71. The molecule has 2 heterocycles. The Kier molecular flexibility index (Phi) is 4.02. The molecule has 0 saturated carbocycles. The van der Waals surface area contributed by atoms with Crippen LogP contribution in [0.1, 0.15) is 40.7 Å². The molecule has 1 saturated heterocycles. The second-order valence-electron chi connectivity index (χ2n) is 4.69. The van der Waals surface area contributed by atoms with Gasteiger partial charge in [0.1, 0.15) is 0 Å². The monoisotopic (exact) mass is 280 g/mol. The Hall–Kier alpha value is -2.38. The lowest BCUT2D eigenvalue weighted by Gasteiger charge is -2.31. The number of rotatable bonds is 3. The third-order valence-electron chi connectivity index (χ3n) is 3.34. The van der Waals surface area contributed by atoms with Crippen molar-refractivity contribution in [2.45, 2.75) is 25.8 Å². The smallest absolute Gasteiger partial charge is 0.354 e. The molecule has 1 aromatic heterocycles. The molecule has 0 spiro atoms. The molecule has 2 amide bonds. The van der Waals surface area contributed by atoms with E-state index in [-0.39, 0.29) is 23.3 Å². The van der Waals surface area contributed by atoms with Crippen molar-refractivity contribution in [3.63, 3.8) is 0 Å². The van der Waals surface area contributed by atoms with Crippen LogP contribution in [0.4, 0.5) is 0 Å². The number of piperidine rings is 1. The number of aromatic nitrogens is 2. The van der Waals surface area contributed by atoms with Crippen molar-refractivity contribution < 1.29 is 19.5 Å². The highest BCUT2D eigenvalue weighted by Crippen LogP contribution is 2.12. The van der Waals surface area contributed by atoms with Crippen LogP contribution in [0.3, 0.4) is 0 Å². The first-order valence-electron chi connectivity index (χ1n) is 6.32. The third-order valence-corrected chi connectivity index (χ3v) is 3.34. The standard InChI is InChI=1S/C12H16N4O4/c1-7(17)16-4-2-8(3-5-16)15-11(18)9-10(12(19)20)14-6-13-9/h6,8H,2-5H2,1H3,(H,13,14)(H,15,18)(H,19,20). The fourth-order valence-corrected chi connectivity index (χ4v) is 2.22. The number of hydrogen-bond acceptors (Lipinski definition) is 4. The Morgan fingerprint density at radius 2 is 2.05 bits per heavy atom. The van der Waals surface area contributed by atoms with Crippen LogP contribution >= 0.6 is 0 Å². The number of imidazole rings is 1. The predicted octanol–water partition coefficient (Wildman–Crippen LogP) is -0.151. The van der Waals surface area contributed by atoms with Crippen molar-refractivity contribution in [1.82, 2.24) is 20.2 Å². The number of aromatic amines is 1. The van der Waals surface area contributed by atoms with Gasteiger partial charge in [-0.25, -0.2) is 9.78 Å². The summed E-state index contributed by atoms with van der Waals surface area (Å²) in [6.07, 6.45) is 2.48. The van der Waals surface area contributed by atoms with Crippen molar-refractivity contribution in [2.75, 3.05) is 13.1 Å². The van der Waals surface area contributed by atoms with E-state index in [0.29, 0.717) is 25.9 Å². The summed E-state index contributed by atoms with van der Waals surface area (Å²) in [4.78, 5) is 41.9. The van der Waals surface area contributed by atoms with E-state index in [2.05, 4.69) is 15.3 Å². The van der Waals surface area contributed by atoms with E-state index >= 15 is 0 Å². The number of likely N-dealkylation sites (tertiary alicyclic amines) is 1. The zero-order valence-corrected chi connectivity index (χ0v) is 11.0. The quantitative estimate of drug-likeness (QED) is 0.712. The molecule has 0 aliphatic carbocycles. The largest absolute Gasteiger partial charge is 0.477 e. The second kappa shape index (κ2) is 5.72. The molecule has 8 nitrogen and oxygen atoms in total. The molecule has 20 heavy (non-hydrogen) atoms. The van der Waals surface area contributed by atoms with Gasteiger partial charge in [-0.15, -0.1) is 0 Å². The molecule has 108 valence electrons. The number of hydrogen-bond donors (Lipinski definition) is 3. The van der Waals surface area contributed by atoms with E-state index in [0.717, 1.165) is 0 Å². The zero-order valence-electron chi connectivity index (χ0n) is 11.0. The van der Waals surface area contributed by atoms with Crippen LogP contribution in [0.2, 0.25) is 0 Å². The maximum Gasteiger partial charge on any atom is 0.354 e. The molecule has 3 N–H and O–H groups in total. The molecule has 1 aliphatic rings. The summed E-state index contributed by atoms with van der Waals surface area (Å²) in [6.45, 7) is 2.70. The molecule has 0 radical (unpaired) electrons. The maximum atomic E-state index is 12.0. The van der Waals surface area contributed by atoms with Gasteiger partial charge in [-0.1, -0.05) is 0 Å². The maximum absolute atomic E-state index is 12.0. The summed E-state index contributed by atoms with van der Waals surface area (Å²) in [5.41, 5.74) is -0.338. The van der Waals surface area contributed by atoms with Gasteiger partial charge in [0.05, 0.1) is 6.33 Å². The molecule has 0 atom stereocenters. The average Bonchev–Trinajstić information content (AvgIpc) is 2.88. The Morgan fingerprint density at radius 1 is 1.40 bits per heavy atom. The second-order valence-corrected chi connectivity index (χ2v) is 4.69. The van der Waals surface area contributed by atoms with Crippen LogP contribution in [-0.4, -0.2) is 56.9 Å². The Bertz CT molecular complexity index is 531.